The van der Waals surface area contributed by atoms with Crippen LogP contribution in [0, 0.1) is 17.3 Å². The van der Waals surface area contributed by atoms with Crippen LogP contribution in [0.4, 0.5) is 0 Å². The normalized spacial score (nSPS) is 21.2. The maximum absolute atomic E-state index is 11.2. The van der Waals surface area contributed by atoms with Crippen molar-refractivity contribution in [1.82, 2.24) is 4.90 Å². The van der Waals surface area contributed by atoms with E-state index in [1.54, 1.807) is 0 Å². The minimum Gasteiger partial charge on any atom is -0.481 e. The molecule has 100 valence electrons. The van der Waals surface area contributed by atoms with Crippen LogP contribution in [0.2, 0.25) is 0 Å². The number of aliphatic carboxylic acids is 1. The van der Waals surface area contributed by atoms with Gasteiger partial charge in [0.05, 0.1) is 5.92 Å². The summed E-state index contributed by atoms with van der Waals surface area (Å²) in [7, 11) is 0. The molecule has 0 bridgehead atoms. The Morgan fingerprint density at radius 2 is 1.82 bits per heavy atom. The first-order chi connectivity index (χ1) is 7.92. The number of likely N-dealkylation sites (tertiary alicyclic amines) is 1. The van der Waals surface area contributed by atoms with Crippen molar-refractivity contribution >= 4 is 5.97 Å². The first kappa shape index (κ1) is 14.5. The zero-order valence-electron chi connectivity index (χ0n) is 11.7. The van der Waals surface area contributed by atoms with E-state index in [1.807, 2.05) is 0 Å². The molecule has 0 spiro atoms. The van der Waals surface area contributed by atoms with E-state index in [-0.39, 0.29) is 5.92 Å². The summed E-state index contributed by atoms with van der Waals surface area (Å²) < 4.78 is 0. The third-order valence-corrected chi connectivity index (χ3v) is 4.20. The Kier molecular flexibility index (Phi) is 4.99. The molecule has 1 heterocycles. The highest BCUT2D eigenvalue weighted by molar-refractivity contribution is 5.70. The summed E-state index contributed by atoms with van der Waals surface area (Å²) in [5.74, 6) is -0.370. The predicted molar refractivity (Wildman–Crippen MR) is 70.0 cm³/mol. The van der Waals surface area contributed by atoms with E-state index in [0.717, 1.165) is 26.1 Å². The van der Waals surface area contributed by atoms with Gasteiger partial charge in [-0.25, -0.2) is 0 Å². The molecular weight excluding hydrogens is 214 g/mol. The maximum Gasteiger partial charge on any atom is 0.307 e. The summed E-state index contributed by atoms with van der Waals surface area (Å²) in [6.07, 6.45) is 3.21. The lowest BCUT2D eigenvalue weighted by molar-refractivity contribution is -0.144. The first-order valence-corrected chi connectivity index (χ1v) is 6.87. The Bertz CT molecular complexity index is 251. The number of carboxylic acids is 1. The lowest BCUT2D eigenvalue weighted by Crippen LogP contribution is -2.57. The van der Waals surface area contributed by atoms with Crippen LogP contribution in [0.1, 0.15) is 47.0 Å². The van der Waals surface area contributed by atoms with Gasteiger partial charge in [0.25, 0.3) is 0 Å². The molecule has 1 aliphatic heterocycles. The summed E-state index contributed by atoms with van der Waals surface area (Å²) in [5.41, 5.74) is 0.473. The van der Waals surface area contributed by atoms with Crippen LogP contribution in [0.25, 0.3) is 0 Å². The van der Waals surface area contributed by atoms with Crippen molar-refractivity contribution in [2.45, 2.75) is 47.0 Å². The second-order valence-corrected chi connectivity index (χ2v) is 6.04. The fourth-order valence-electron chi connectivity index (χ4n) is 2.86. The summed E-state index contributed by atoms with van der Waals surface area (Å²) in [4.78, 5) is 13.5. The molecule has 3 nitrogen and oxygen atoms in total. The molecule has 1 saturated heterocycles. The lowest BCUT2D eigenvalue weighted by Gasteiger charge is -2.50. The maximum atomic E-state index is 11.2. The van der Waals surface area contributed by atoms with Gasteiger partial charge in [0.1, 0.15) is 0 Å². The highest BCUT2D eigenvalue weighted by Gasteiger charge is 2.40. The Morgan fingerprint density at radius 3 is 2.18 bits per heavy atom. The summed E-state index contributed by atoms with van der Waals surface area (Å²) in [6.45, 7) is 11.6. The minimum atomic E-state index is -0.635. The largest absolute Gasteiger partial charge is 0.481 e. The van der Waals surface area contributed by atoms with Crippen molar-refractivity contribution < 1.29 is 9.90 Å². The molecule has 0 aromatic heterocycles. The van der Waals surface area contributed by atoms with Crippen molar-refractivity contribution in [3.05, 3.63) is 0 Å². The van der Waals surface area contributed by atoms with E-state index in [1.165, 1.54) is 12.8 Å². The van der Waals surface area contributed by atoms with Crippen LogP contribution in [0.15, 0.2) is 0 Å². The van der Waals surface area contributed by atoms with Crippen molar-refractivity contribution in [1.29, 1.82) is 0 Å². The number of hydrogen-bond donors (Lipinski definition) is 1. The van der Waals surface area contributed by atoms with Gasteiger partial charge in [-0.3, -0.25) is 4.79 Å². The number of hydrogen-bond acceptors (Lipinski definition) is 2. The Hall–Kier alpha value is -0.570. The predicted octanol–water partition coefficient (Wildman–Crippen LogP) is 2.86. The second kappa shape index (κ2) is 5.85. The van der Waals surface area contributed by atoms with E-state index in [9.17, 15) is 9.90 Å². The van der Waals surface area contributed by atoms with Crippen LogP contribution in [-0.2, 0) is 4.79 Å². The fraction of sp³-hybridized carbons (Fsp3) is 0.929. The van der Waals surface area contributed by atoms with Gasteiger partial charge in [0.15, 0.2) is 0 Å². The molecule has 0 aliphatic carbocycles. The second-order valence-electron chi connectivity index (χ2n) is 6.04. The molecule has 0 aromatic carbocycles. The molecule has 1 unspecified atom stereocenters. The van der Waals surface area contributed by atoms with Gasteiger partial charge in [-0.15, -0.1) is 0 Å². The summed E-state index contributed by atoms with van der Waals surface area (Å²) >= 11 is 0. The van der Waals surface area contributed by atoms with Crippen LogP contribution in [-0.4, -0.2) is 35.6 Å². The molecule has 0 saturated carbocycles. The van der Waals surface area contributed by atoms with E-state index >= 15 is 0 Å². The molecule has 1 fully saturated rings. The zero-order chi connectivity index (χ0) is 13.1. The van der Waals surface area contributed by atoms with Crippen LogP contribution >= 0.6 is 0 Å². The summed E-state index contributed by atoms with van der Waals surface area (Å²) in [6, 6.07) is 0. The summed E-state index contributed by atoms with van der Waals surface area (Å²) in [5, 5.41) is 9.21. The van der Waals surface area contributed by atoms with Crippen LogP contribution in [0.5, 0.6) is 0 Å². The topological polar surface area (TPSA) is 40.5 Å². The molecule has 3 heteroatoms. The van der Waals surface area contributed by atoms with Crippen LogP contribution in [0.3, 0.4) is 0 Å². The molecule has 0 aromatic rings. The van der Waals surface area contributed by atoms with Crippen molar-refractivity contribution in [2.75, 3.05) is 19.6 Å². The van der Waals surface area contributed by atoms with Crippen molar-refractivity contribution in [3.63, 3.8) is 0 Å². The molecule has 0 amide bonds. The van der Waals surface area contributed by atoms with E-state index in [0.29, 0.717) is 11.3 Å². The smallest absolute Gasteiger partial charge is 0.307 e. The van der Waals surface area contributed by atoms with Gasteiger partial charge in [-0.05, 0) is 30.6 Å². The van der Waals surface area contributed by atoms with Gasteiger partial charge < -0.3 is 10.0 Å². The first-order valence-electron chi connectivity index (χ1n) is 6.87. The monoisotopic (exact) mass is 241 g/mol. The van der Waals surface area contributed by atoms with E-state index < -0.39 is 5.97 Å². The quantitative estimate of drug-likeness (QED) is 0.745. The average Bonchev–Trinajstić information content (AvgIpc) is 2.20. The Balaban J connectivity index is 2.41. The van der Waals surface area contributed by atoms with Crippen molar-refractivity contribution in [2.24, 2.45) is 17.3 Å². The molecule has 0 radical (unpaired) electrons. The molecule has 17 heavy (non-hydrogen) atoms. The Morgan fingerprint density at radius 1 is 1.29 bits per heavy atom. The van der Waals surface area contributed by atoms with Gasteiger partial charge >= 0.3 is 5.97 Å². The fourth-order valence-corrected chi connectivity index (χ4v) is 2.86. The Labute approximate surface area is 105 Å². The SMILES string of the molecule is CCC1(CC)CN(CC(CC(C)C)C(=O)O)C1. The van der Waals surface area contributed by atoms with Gasteiger partial charge in [0.2, 0.25) is 0 Å². The van der Waals surface area contributed by atoms with Gasteiger partial charge in [-0.2, -0.15) is 0 Å². The highest BCUT2D eigenvalue weighted by Crippen LogP contribution is 2.37. The van der Waals surface area contributed by atoms with E-state index in [4.69, 9.17) is 0 Å². The molecule has 1 rings (SSSR count). The molecule has 1 N–H and O–H groups in total. The molecule has 1 aliphatic rings. The molecule has 1 atom stereocenters. The van der Waals surface area contributed by atoms with Crippen LogP contribution < -0.4 is 0 Å². The standard InChI is InChI=1S/C14H27NO2/c1-5-14(6-2)9-15(10-14)8-12(13(16)17)7-11(3)4/h11-12H,5-10H2,1-4H3,(H,16,17). The van der Waals surface area contributed by atoms with Gasteiger partial charge in [0, 0.05) is 19.6 Å². The average molecular weight is 241 g/mol. The number of rotatable bonds is 7. The highest BCUT2D eigenvalue weighted by atomic mass is 16.4. The molecular formula is C14H27NO2. The van der Waals surface area contributed by atoms with E-state index in [2.05, 4.69) is 32.6 Å². The van der Waals surface area contributed by atoms with Crippen molar-refractivity contribution in [3.8, 4) is 0 Å². The third-order valence-electron chi connectivity index (χ3n) is 4.20. The lowest BCUT2D eigenvalue weighted by atomic mass is 9.74. The number of nitrogens with zero attached hydrogens (tertiary/aromatic N) is 1. The number of carboxylic acid groups (broad SMARTS) is 1. The minimum absolute atomic E-state index is 0.193. The zero-order valence-corrected chi connectivity index (χ0v) is 11.7. The van der Waals surface area contributed by atoms with Gasteiger partial charge in [-0.1, -0.05) is 27.7 Å². The third kappa shape index (κ3) is 3.70. The number of carbonyl (C=O) groups is 1.